The van der Waals surface area contributed by atoms with Crippen molar-refractivity contribution in [3.63, 3.8) is 0 Å². The molecule has 0 aromatic heterocycles. The minimum absolute atomic E-state index is 0. The van der Waals surface area contributed by atoms with Crippen LogP contribution in [-0.4, -0.2) is 0 Å². The summed E-state index contributed by atoms with van der Waals surface area (Å²) < 4.78 is 0. The molecule has 2 rings (SSSR count). The number of rotatable bonds is 0. The summed E-state index contributed by atoms with van der Waals surface area (Å²) in [6.45, 7) is 2.34. The van der Waals surface area contributed by atoms with Gasteiger partial charge in [0.25, 0.3) is 0 Å². The molecule has 0 amide bonds. The van der Waals surface area contributed by atoms with Gasteiger partial charge in [0, 0.05) is 16.5 Å². The molecule has 76 valence electrons. The third-order valence-corrected chi connectivity index (χ3v) is 2.89. The summed E-state index contributed by atoms with van der Waals surface area (Å²) in [6, 6.07) is 0. The van der Waals surface area contributed by atoms with E-state index in [1.165, 1.54) is 57.8 Å². The summed E-state index contributed by atoms with van der Waals surface area (Å²) in [7, 11) is 0. The van der Waals surface area contributed by atoms with E-state index in [-0.39, 0.29) is 16.5 Å². The molecule has 0 atom stereocenters. The Morgan fingerprint density at radius 2 is 1.00 bits per heavy atom. The van der Waals surface area contributed by atoms with Crippen LogP contribution in [0, 0.1) is 5.92 Å². The Balaban J connectivity index is 0.000000189. The predicted molar refractivity (Wildman–Crippen MR) is 50.7 cm³/mol. The average molecular weight is 213 g/mol. The van der Waals surface area contributed by atoms with Crippen LogP contribution in [0.2, 0.25) is 0 Å². The van der Waals surface area contributed by atoms with Crippen molar-refractivity contribution in [2.24, 2.45) is 5.92 Å². The monoisotopic (exact) mass is 212 g/mol. The van der Waals surface area contributed by atoms with Gasteiger partial charge >= 0.3 is 0 Å². The zero-order valence-corrected chi connectivity index (χ0v) is 9.25. The molecule has 0 heterocycles. The molecule has 0 bridgehead atoms. The van der Waals surface area contributed by atoms with Gasteiger partial charge in [-0.3, -0.25) is 0 Å². The molecule has 0 radical (unpaired) electrons. The quantitative estimate of drug-likeness (QED) is 0.530. The van der Waals surface area contributed by atoms with Crippen molar-refractivity contribution in [3.05, 3.63) is 0 Å². The fourth-order valence-corrected chi connectivity index (χ4v) is 2.01. The third kappa shape index (κ3) is 6.06. The molecule has 0 N–H and O–H groups in total. The Morgan fingerprint density at radius 1 is 0.667 bits per heavy atom. The van der Waals surface area contributed by atoms with Crippen molar-refractivity contribution in [1.82, 2.24) is 0 Å². The number of hydrogen-bond donors (Lipinski definition) is 0. The fourth-order valence-electron chi connectivity index (χ4n) is 2.01. The van der Waals surface area contributed by atoms with Gasteiger partial charge in [-0.15, -0.1) is 0 Å². The van der Waals surface area contributed by atoms with Gasteiger partial charge in [0.1, 0.15) is 0 Å². The second-order valence-electron chi connectivity index (χ2n) is 4.16. The van der Waals surface area contributed by atoms with E-state index in [1.807, 2.05) is 0 Å². The molecule has 2 aliphatic rings. The third-order valence-electron chi connectivity index (χ3n) is 2.89. The molecule has 0 aliphatic heterocycles. The van der Waals surface area contributed by atoms with Crippen molar-refractivity contribution in [3.8, 4) is 0 Å². The first kappa shape index (κ1) is 12.5. The topological polar surface area (TPSA) is 0 Å². The molecule has 1 heteroatoms. The predicted octanol–water partition coefficient (Wildman–Crippen LogP) is 4.14. The van der Waals surface area contributed by atoms with E-state index >= 15 is 0 Å². The van der Waals surface area contributed by atoms with Gasteiger partial charge in [-0.25, -0.2) is 0 Å². The smallest absolute Gasteiger partial charge is 0 e. The van der Waals surface area contributed by atoms with Crippen LogP contribution in [0.1, 0.15) is 64.7 Å². The molecule has 0 aromatic rings. The molecule has 2 aliphatic carbocycles. The first-order valence-electron chi connectivity index (χ1n) is 5.39. The molecular weight excluding hydrogens is 191 g/mol. The van der Waals surface area contributed by atoms with Crippen molar-refractivity contribution in [1.29, 1.82) is 0 Å². The van der Waals surface area contributed by atoms with Crippen LogP contribution in [0.15, 0.2) is 0 Å². The molecule has 12 heavy (non-hydrogen) atoms. The standard InChI is InChI=1S/C6H12.C5H10.Ni/c1-6-4-2-3-5-6;1-2-4-5-3-1;/h6H,2-5H2,1H3;1-5H2;. The van der Waals surface area contributed by atoms with Crippen molar-refractivity contribution in [2.75, 3.05) is 0 Å². The van der Waals surface area contributed by atoms with E-state index in [1.54, 1.807) is 0 Å². The van der Waals surface area contributed by atoms with Crippen molar-refractivity contribution < 1.29 is 16.5 Å². The van der Waals surface area contributed by atoms with Crippen LogP contribution in [0.4, 0.5) is 0 Å². The minimum Gasteiger partial charge on any atom is -0.0625 e. The molecule has 2 saturated carbocycles. The summed E-state index contributed by atoms with van der Waals surface area (Å²) in [5.41, 5.74) is 0. The van der Waals surface area contributed by atoms with E-state index in [2.05, 4.69) is 6.92 Å². The van der Waals surface area contributed by atoms with Gasteiger partial charge in [0.15, 0.2) is 0 Å². The molecule has 0 unspecified atom stereocenters. The summed E-state index contributed by atoms with van der Waals surface area (Å²) in [6.07, 6.45) is 13.4. The molecular formula is C11H22Ni. The summed E-state index contributed by atoms with van der Waals surface area (Å²) in [5, 5.41) is 0. The molecule has 0 aromatic carbocycles. The Kier molecular flexibility index (Phi) is 8.44. The van der Waals surface area contributed by atoms with Crippen LogP contribution in [0.3, 0.4) is 0 Å². The molecule has 0 saturated heterocycles. The SMILES string of the molecule is C1CCCC1.CC1CCCC1.[Ni]. The first-order chi connectivity index (χ1) is 5.39. The van der Waals surface area contributed by atoms with Gasteiger partial charge in [0.2, 0.25) is 0 Å². The van der Waals surface area contributed by atoms with E-state index in [9.17, 15) is 0 Å². The Morgan fingerprint density at radius 3 is 1.17 bits per heavy atom. The van der Waals surface area contributed by atoms with E-state index in [0.717, 1.165) is 5.92 Å². The van der Waals surface area contributed by atoms with Gasteiger partial charge in [-0.05, 0) is 5.92 Å². The zero-order chi connectivity index (χ0) is 7.94. The van der Waals surface area contributed by atoms with E-state index in [4.69, 9.17) is 0 Å². The molecule has 0 spiro atoms. The van der Waals surface area contributed by atoms with Gasteiger partial charge in [-0.1, -0.05) is 64.7 Å². The average Bonchev–Trinajstić information content (AvgIpc) is 2.57. The van der Waals surface area contributed by atoms with Crippen LogP contribution >= 0.6 is 0 Å². The summed E-state index contributed by atoms with van der Waals surface area (Å²) >= 11 is 0. The van der Waals surface area contributed by atoms with Gasteiger partial charge in [0.05, 0.1) is 0 Å². The van der Waals surface area contributed by atoms with Crippen LogP contribution < -0.4 is 0 Å². The fraction of sp³-hybridized carbons (Fsp3) is 1.00. The van der Waals surface area contributed by atoms with Crippen molar-refractivity contribution in [2.45, 2.75) is 64.7 Å². The maximum absolute atomic E-state index is 2.34. The van der Waals surface area contributed by atoms with Gasteiger partial charge in [-0.2, -0.15) is 0 Å². The van der Waals surface area contributed by atoms with E-state index < -0.39 is 0 Å². The zero-order valence-electron chi connectivity index (χ0n) is 8.26. The summed E-state index contributed by atoms with van der Waals surface area (Å²) in [4.78, 5) is 0. The Hall–Kier alpha value is 0.494. The van der Waals surface area contributed by atoms with Gasteiger partial charge < -0.3 is 0 Å². The minimum atomic E-state index is 0. The first-order valence-corrected chi connectivity index (χ1v) is 5.39. The maximum atomic E-state index is 2.34. The molecule has 2 fully saturated rings. The molecule has 0 nitrogen and oxygen atoms in total. The summed E-state index contributed by atoms with van der Waals surface area (Å²) in [5.74, 6) is 1.05. The normalized spacial score (nSPS) is 22.8. The second kappa shape index (κ2) is 8.11. The Labute approximate surface area is 87.4 Å². The van der Waals surface area contributed by atoms with E-state index in [0.29, 0.717) is 0 Å². The number of hydrogen-bond acceptors (Lipinski definition) is 0. The van der Waals surface area contributed by atoms with Crippen molar-refractivity contribution >= 4 is 0 Å². The van der Waals surface area contributed by atoms with Crippen LogP contribution in [0.25, 0.3) is 0 Å². The Bertz CT molecular complexity index is 73.4. The largest absolute Gasteiger partial charge is 0.0625 e. The van der Waals surface area contributed by atoms with Crippen LogP contribution in [-0.2, 0) is 16.5 Å². The maximum Gasteiger partial charge on any atom is 0 e. The van der Waals surface area contributed by atoms with Crippen LogP contribution in [0.5, 0.6) is 0 Å². The second-order valence-corrected chi connectivity index (χ2v) is 4.16.